The van der Waals surface area contributed by atoms with Gasteiger partial charge in [0.15, 0.2) is 0 Å². The van der Waals surface area contributed by atoms with Crippen molar-refractivity contribution >= 4 is 21.8 Å². The molecule has 0 saturated carbocycles. The van der Waals surface area contributed by atoms with Crippen molar-refractivity contribution in [3.63, 3.8) is 0 Å². The second-order valence-electron chi connectivity index (χ2n) is 8.69. The first kappa shape index (κ1) is 23.9. The zero-order valence-corrected chi connectivity index (χ0v) is 19.6. The van der Waals surface area contributed by atoms with E-state index in [4.69, 9.17) is 0 Å². The molecule has 172 valence electrons. The molecule has 0 bridgehead atoms. The van der Waals surface area contributed by atoms with Crippen LogP contribution in [-0.2, 0) is 21.4 Å². The molecule has 8 heteroatoms. The number of hydrogen-bond acceptors (Lipinski definition) is 4. The number of hydrogen-bond donors (Lipinski definition) is 2. The molecular weight excluding hydrogens is 426 g/mol. The molecule has 3 unspecified atom stereocenters. The summed E-state index contributed by atoms with van der Waals surface area (Å²) >= 11 is 0. The van der Waals surface area contributed by atoms with Crippen LogP contribution in [0.1, 0.15) is 43.1 Å². The summed E-state index contributed by atoms with van der Waals surface area (Å²) in [6.45, 7) is 7.00. The predicted molar refractivity (Wildman–Crippen MR) is 123 cm³/mol. The number of carbonyl (C=O) groups excluding carboxylic acids is 2. The molecule has 2 amide bonds. The summed E-state index contributed by atoms with van der Waals surface area (Å²) in [6.07, 6.45) is 0.999. The van der Waals surface area contributed by atoms with Crippen molar-refractivity contribution in [3.8, 4) is 0 Å². The standard InChI is InChI=1S/C24H31N3O4S/c1-17-12-18(2)16-27(15-17)32(30,31)22-11-7-10-21(13-22)24(29)26-19(3)23(28)25-14-20-8-5-4-6-9-20/h4-11,13,17-19H,12,14-16H2,1-3H3,(H,25,28)(H,26,29). The van der Waals surface area contributed by atoms with Crippen molar-refractivity contribution in [1.29, 1.82) is 0 Å². The van der Waals surface area contributed by atoms with E-state index in [9.17, 15) is 18.0 Å². The molecule has 0 aromatic heterocycles. The van der Waals surface area contributed by atoms with Crippen LogP contribution in [0.4, 0.5) is 0 Å². The van der Waals surface area contributed by atoms with Crippen molar-refractivity contribution in [1.82, 2.24) is 14.9 Å². The largest absolute Gasteiger partial charge is 0.350 e. The number of amides is 2. The molecule has 0 spiro atoms. The monoisotopic (exact) mass is 457 g/mol. The van der Waals surface area contributed by atoms with E-state index in [1.165, 1.54) is 16.4 Å². The lowest BCUT2D eigenvalue weighted by Gasteiger charge is -2.34. The molecule has 7 nitrogen and oxygen atoms in total. The molecule has 3 atom stereocenters. The number of rotatable bonds is 7. The summed E-state index contributed by atoms with van der Waals surface area (Å²) in [4.78, 5) is 25.1. The van der Waals surface area contributed by atoms with E-state index < -0.39 is 22.0 Å². The highest BCUT2D eigenvalue weighted by Gasteiger charge is 2.32. The summed E-state index contributed by atoms with van der Waals surface area (Å²) in [6, 6.07) is 14.7. The predicted octanol–water partition coefficient (Wildman–Crippen LogP) is 2.79. The lowest BCUT2D eigenvalue weighted by atomic mass is 9.94. The number of sulfonamides is 1. The summed E-state index contributed by atoms with van der Waals surface area (Å²) in [5.74, 6) is -0.238. The van der Waals surface area contributed by atoms with Crippen LogP contribution < -0.4 is 10.6 Å². The van der Waals surface area contributed by atoms with Gasteiger partial charge in [-0.15, -0.1) is 0 Å². The number of nitrogens with zero attached hydrogens (tertiary/aromatic N) is 1. The fourth-order valence-corrected chi connectivity index (χ4v) is 5.76. The normalized spacial score (nSPS) is 20.3. The molecule has 0 radical (unpaired) electrons. The van der Waals surface area contributed by atoms with Gasteiger partial charge < -0.3 is 10.6 Å². The fraction of sp³-hybridized carbons (Fsp3) is 0.417. The first-order valence-corrected chi connectivity index (χ1v) is 12.3. The van der Waals surface area contributed by atoms with Gasteiger partial charge in [-0.2, -0.15) is 4.31 Å². The van der Waals surface area contributed by atoms with Gasteiger partial charge in [-0.1, -0.05) is 50.2 Å². The highest BCUT2D eigenvalue weighted by Crippen LogP contribution is 2.27. The molecule has 0 aliphatic carbocycles. The van der Waals surface area contributed by atoms with E-state index in [0.717, 1.165) is 12.0 Å². The van der Waals surface area contributed by atoms with Crippen molar-refractivity contribution in [2.24, 2.45) is 11.8 Å². The van der Waals surface area contributed by atoms with Crippen LogP contribution in [0.5, 0.6) is 0 Å². The van der Waals surface area contributed by atoms with Gasteiger partial charge >= 0.3 is 0 Å². The lowest BCUT2D eigenvalue weighted by Crippen LogP contribution is -2.44. The van der Waals surface area contributed by atoms with E-state index in [-0.39, 0.29) is 28.2 Å². The van der Waals surface area contributed by atoms with Crippen molar-refractivity contribution in [2.45, 2.75) is 44.7 Å². The first-order chi connectivity index (χ1) is 15.2. The Labute approximate surface area is 190 Å². The Hall–Kier alpha value is -2.71. The molecule has 3 rings (SSSR count). The summed E-state index contributed by atoms with van der Waals surface area (Å²) in [7, 11) is -3.69. The summed E-state index contributed by atoms with van der Waals surface area (Å²) < 4.78 is 27.8. The van der Waals surface area contributed by atoms with Crippen molar-refractivity contribution in [2.75, 3.05) is 13.1 Å². The Morgan fingerprint density at radius 2 is 1.69 bits per heavy atom. The fourth-order valence-electron chi connectivity index (χ4n) is 4.03. The molecule has 32 heavy (non-hydrogen) atoms. The number of benzene rings is 2. The molecule has 1 fully saturated rings. The van der Waals surface area contributed by atoms with Crippen molar-refractivity contribution < 1.29 is 18.0 Å². The molecule has 1 aliphatic heterocycles. The zero-order chi connectivity index (χ0) is 23.3. The van der Waals surface area contributed by atoms with Gasteiger partial charge in [0.2, 0.25) is 15.9 Å². The maximum absolute atomic E-state index is 13.1. The molecular formula is C24H31N3O4S. The average molecular weight is 458 g/mol. The minimum atomic E-state index is -3.69. The topological polar surface area (TPSA) is 95.6 Å². The third kappa shape index (κ3) is 5.95. The summed E-state index contributed by atoms with van der Waals surface area (Å²) in [5, 5.41) is 5.43. The highest BCUT2D eigenvalue weighted by atomic mass is 32.2. The van der Waals surface area contributed by atoms with Gasteiger partial charge in [0.25, 0.3) is 5.91 Å². The van der Waals surface area contributed by atoms with Crippen LogP contribution in [0.3, 0.4) is 0 Å². The molecule has 2 aromatic rings. The van der Waals surface area contributed by atoms with Crippen LogP contribution in [0.15, 0.2) is 59.5 Å². The van der Waals surface area contributed by atoms with E-state index in [1.54, 1.807) is 19.1 Å². The van der Waals surface area contributed by atoms with E-state index in [1.807, 2.05) is 44.2 Å². The minimum Gasteiger partial charge on any atom is -0.350 e. The van der Waals surface area contributed by atoms with E-state index in [2.05, 4.69) is 10.6 Å². The summed E-state index contributed by atoms with van der Waals surface area (Å²) in [5.41, 5.74) is 1.16. The Kier molecular flexibility index (Phi) is 7.69. The van der Waals surface area contributed by atoms with Crippen LogP contribution in [0.25, 0.3) is 0 Å². The van der Waals surface area contributed by atoms with E-state index in [0.29, 0.717) is 19.6 Å². The maximum atomic E-state index is 13.1. The Morgan fingerprint density at radius 1 is 1.03 bits per heavy atom. The molecule has 1 heterocycles. The van der Waals surface area contributed by atoms with Gasteiger partial charge in [-0.05, 0) is 48.9 Å². The Bertz CT molecular complexity index is 1050. The van der Waals surface area contributed by atoms with E-state index >= 15 is 0 Å². The number of carbonyl (C=O) groups is 2. The SMILES string of the molecule is CC1CC(C)CN(S(=O)(=O)c2cccc(C(=O)NC(C)C(=O)NCc3ccccc3)c2)C1. The van der Waals surface area contributed by atoms with Gasteiger partial charge in [0.05, 0.1) is 4.90 Å². The van der Waals surface area contributed by atoms with Crippen LogP contribution in [0, 0.1) is 11.8 Å². The third-order valence-corrected chi connectivity index (χ3v) is 7.45. The van der Waals surface area contributed by atoms with Gasteiger partial charge in [0.1, 0.15) is 6.04 Å². The smallest absolute Gasteiger partial charge is 0.251 e. The molecule has 1 saturated heterocycles. The highest BCUT2D eigenvalue weighted by molar-refractivity contribution is 7.89. The first-order valence-electron chi connectivity index (χ1n) is 10.9. The van der Waals surface area contributed by atoms with Gasteiger partial charge in [-0.3, -0.25) is 9.59 Å². The Balaban J connectivity index is 1.65. The molecule has 2 aromatic carbocycles. The molecule has 1 aliphatic rings. The van der Waals surface area contributed by atoms with Crippen LogP contribution in [0.2, 0.25) is 0 Å². The zero-order valence-electron chi connectivity index (χ0n) is 18.7. The maximum Gasteiger partial charge on any atom is 0.251 e. The lowest BCUT2D eigenvalue weighted by molar-refractivity contribution is -0.122. The quantitative estimate of drug-likeness (QED) is 0.668. The Morgan fingerprint density at radius 3 is 2.34 bits per heavy atom. The van der Waals surface area contributed by atoms with Crippen LogP contribution in [-0.4, -0.2) is 43.7 Å². The van der Waals surface area contributed by atoms with Crippen molar-refractivity contribution in [3.05, 3.63) is 65.7 Å². The second kappa shape index (κ2) is 10.3. The number of nitrogens with one attached hydrogen (secondary N) is 2. The van der Waals surface area contributed by atoms with Gasteiger partial charge in [-0.25, -0.2) is 8.42 Å². The second-order valence-corrected chi connectivity index (χ2v) is 10.6. The third-order valence-electron chi connectivity index (χ3n) is 5.62. The number of piperidine rings is 1. The minimum absolute atomic E-state index is 0.0904. The van der Waals surface area contributed by atoms with Gasteiger partial charge in [0, 0.05) is 25.2 Å². The average Bonchev–Trinajstić information content (AvgIpc) is 2.77. The molecule has 2 N–H and O–H groups in total. The van der Waals surface area contributed by atoms with Crippen LogP contribution >= 0.6 is 0 Å².